The number of hydrogen-bond donors (Lipinski definition) is 0. The molecule has 0 fully saturated rings. The van der Waals surface area contributed by atoms with E-state index in [1.165, 1.54) is 28.2 Å². The first-order chi connectivity index (χ1) is 22.4. The Morgan fingerprint density at radius 1 is 0.479 bits per heavy atom. The van der Waals surface area contributed by atoms with E-state index in [1.807, 2.05) is 24.3 Å². The van der Waals surface area contributed by atoms with E-state index >= 15 is 0 Å². The quantitative estimate of drug-likeness (QED) is 0.147. The molecule has 4 amide bonds. The molecule has 12 nitrogen and oxygen atoms in total. The van der Waals surface area contributed by atoms with Crippen LogP contribution < -0.4 is 9.47 Å². The second-order valence-corrected chi connectivity index (χ2v) is 14.9. The first kappa shape index (κ1) is 40.4. The van der Waals surface area contributed by atoms with E-state index in [4.69, 9.17) is 18.9 Å². The lowest BCUT2D eigenvalue weighted by Gasteiger charge is -2.23. The lowest BCUT2D eigenvalue weighted by Crippen LogP contribution is -2.32. The van der Waals surface area contributed by atoms with Gasteiger partial charge in [0.05, 0.1) is 24.3 Å². The summed E-state index contributed by atoms with van der Waals surface area (Å²) >= 11 is 1.58. The van der Waals surface area contributed by atoms with Crippen LogP contribution in [0.5, 0.6) is 11.5 Å². The molecule has 0 atom stereocenters. The summed E-state index contributed by atoms with van der Waals surface area (Å²) in [5.41, 5.74) is 4.23. The van der Waals surface area contributed by atoms with Crippen LogP contribution in [-0.4, -0.2) is 83.0 Å². The molecule has 48 heavy (non-hydrogen) atoms. The molecule has 0 aromatic heterocycles. The van der Waals surface area contributed by atoms with E-state index in [2.05, 4.69) is 67.5 Å². The van der Waals surface area contributed by atoms with E-state index < -0.39 is 24.4 Å². The molecule has 0 radical (unpaired) electrons. The van der Waals surface area contributed by atoms with Crippen molar-refractivity contribution in [2.24, 2.45) is 0 Å². The fourth-order valence-electron chi connectivity index (χ4n) is 4.01. The largest absolute Gasteiger partial charge is 0.445 e. The van der Waals surface area contributed by atoms with Crippen LogP contribution in [0.4, 0.5) is 19.2 Å². The van der Waals surface area contributed by atoms with Gasteiger partial charge in [-0.1, -0.05) is 67.5 Å². The highest BCUT2D eigenvalue weighted by Crippen LogP contribution is 2.29. The predicted octanol–water partition coefficient (Wildman–Crippen LogP) is 9.00. The Labute approximate surface area is 293 Å². The minimum atomic E-state index is -0.757. The van der Waals surface area contributed by atoms with E-state index in [9.17, 15) is 19.2 Å². The molecule has 0 saturated heterocycles. The van der Waals surface area contributed by atoms with Crippen molar-refractivity contribution in [1.82, 2.24) is 17.2 Å². The topological polar surface area (TPSA) is 118 Å². The average Bonchev–Trinajstić information content (AvgIpc) is 3.01. The number of ether oxygens (including phenoxy) is 4. The molecule has 0 saturated carbocycles. The summed E-state index contributed by atoms with van der Waals surface area (Å²) in [7, 11) is 5.81. The number of hydrogen-bond acceptors (Lipinski definition) is 10. The minimum absolute atomic E-state index is 0.232. The Hall–Kier alpha value is -3.78. The predicted molar refractivity (Wildman–Crippen MR) is 190 cm³/mol. The summed E-state index contributed by atoms with van der Waals surface area (Å²) in [4.78, 5) is 50.4. The van der Waals surface area contributed by atoms with Gasteiger partial charge in [0.15, 0.2) is 0 Å². The van der Waals surface area contributed by atoms with E-state index in [-0.39, 0.29) is 36.9 Å². The third-order valence-corrected chi connectivity index (χ3v) is 8.61. The zero-order chi connectivity index (χ0) is 36.3. The summed E-state index contributed by atoms with van der Waals surface area (Å²) in [5.74, 6) is 1.89. The molecule has 2 rings (SSSR count). The summed E-state index contributed by atoms with van der Waals surface area (Å²) in [5, 5.41) is 0. The average molecular weight is 707 g/mol. The zero-order valence-corrected chi connectivity index (χ0v) is 31.7. The highest BCUT2D eigenvalue weighted by atomic mass is 32.2. The molecule has 14 heteroatoms. The van der Waals surface area contributed by atoms with Crippen LogP contribution in [0.3, 0.4) is 0 Å². The van der Waals surface area contributed by atoms with Crippen molar-refractivity contribution in [3.8, 4) is 11.5 Å². The van der Waals surface area contributed by atoms with Gasteiger partial charge in [0, 0.05) is 28.2 Å². The van der Waals surface area contributed by atoms with Crippen molar-refractivity contribution in [3.63, 3.8) is 0 Å². The fourth-order valence-corrected chi connectivity index (χ4v) is 5.20. The molecule has 2 aromatic carbocycles. The highest BCUT2D eigenvalue weighted by molar-refractivity contribution is 7.95. The summed E-state index contributed by atoms with van der Waals surface area (Å²) in [6.07, 6.45) is -2.84. The molecule has 0 spiro atoms. The van der Waals surface area contributed by atoms with Crippen LogP contribution in [0, 0.1) is 0 Å². The molecule has 0 aliphatic heterocycles. The number of carbonyl (C=O) groups excluding carboxylic acids is 4. The van der Waals surface area contributed by atoms with Crippen LogP contribution in [0.25, 0.3) is 0 Å². The van der Waals surface area contributed by atoms with Gasteiger partial charge in [-0.3, -0.25) is 0 Å². The minimum Gasteiger partial charge on any atom is -0.445 e. The second kappa shape index (κ2) is 18.7. The van der Waals surface area contributed by atoms with Gasteiger partial charge in [0.2, 0.25) is 0 Å². The lowest BCUT2D eigenvalue weighted by atomic mass is 9.95. The van der Waals surface area contributed by atoms with Crippen molar-refractivity contribution in [2.45, 2.75) is 79.1 Å². The second-order valence-electron chi connectivity index (χ2n) is 12.4. The SMILES string of the molecule is CC(C)c1cc(OC(=O)N(C)SN(C)C(=O)OCCOC(=O)N(C)SN(C)C(=O)Oc2cc(C(C)C)cc(C(C)C)c2)cc(C(C)C)c1. The molecule has 0 unspecified atom stereocenters. The number of nitrogens with zero attached hydrogens (tertiary/aromatic N) is 4. The Morgan fingerprint density at radius 2 is 0.729 bits per heavy atom. The number of rotatable bonds is 13. The van der Waals surface area contributed by atoms with Gasteiger partial charge in [0.25, 0.3) is 0 Å². The lowest BCUT2D eigenvalue weighted by molar-refractivity contribution is 0.0830. The van der Waals surface area contributed by atoms with Crippen molar-refractivity contribution >= 4 is 48.6 Å². The first-order valence-corrected chi connectivity index (χ1v) is 17.2. The molecule has 0 aliphatic carbocycles. The van der Waals surface area contributed by atoms with E-state index in [0.717, 1.165) is 63.7 Å². The van der Waals surface area contributed by atoms with Gasteiger partial charge < -0.3 is 18.9 Å². The van der Waals surface area contributed by atoms with Gasteiger partial charge in [0.1, 0.15) is 24.7 Å². The summed E-state index contributed by atoms with van der Waals surface area (Å²) < 4.78 is 26.0. The monoisotopic (exact) mass is 706 g/mol. The summed E-state index contributed by atoms with van der Waals surface area (Å²) in [6, 6.07) is 11.5. The molecular weight excluding hydrogens is 657 g/mol. The van der Waals surface area contributed by atoms with Gasteiger partial charge in [-0.05, 0) is 70.2 Å². The van der Waals surface area contributed by atoms with Crippen molar-refractivity contribution in [3.05, 3.63) is 58.7 Å². The summed E-state index contributed by atoms with van der Waals surface area (Å²) in [6.45, 7) is 16.1. The van der Waals surface area contributed by atoms with Gasteiger partial charge in [-0.15, -0.1) is 0 Å². The molecular formula is C34H50N4O8S2. The van der Waals surface area contributed by atoms with E-state index in [0.29, 0.717) is 11.5 Å². The van der Waals surface area contributed by atoms with Gasteiger partial charge in [-0.2, -0.15) is 0 Å². The molecule has 0 aliphatic rings. The maximum Gasteiger partial charge on any atom is 0.426 e. The number of amides is 4. The maximum absolute atomic E-state index is 12.7. The highest BCUT2D eigenvalue weighted by Gasteiger charge is 2.22. The fraction of sp³-hybridized carbons (Fsp3) is 0.529. The van der Waals surface area contributed by atoms with E-state index in [1.54, 1.807) is 0 Å². The van der Waals surface area contributed by atoms with Crippen LogP contribution in [0.15, 0.2) is 36.4 Å². The normalized spacial score (nSPS) is 11.1. The zero-order valence-electron chi connectivity index (χ0n) is 30.1. The molecule has 0 N–H and O–H groups in total. The molecule has 266 valence electrons. The Balaban J connectivity index is 1.79. The number of carbonyl (C=O) groups is 4. The third-order valence-electron chi connectivity index (χ3n) is 7.03. The Kier molecular flexibility index (Phi) is 15.7. The van der Waals surface area contributed by atoms with Crippen LogP contribution >= 0.6 is 24.3 Å². The third kappa shape index (κ3) is 12.7. The molecule has 0 heterocycles. The van der Waals surface area contributed by atoms with Crippen molar-refractivity contribution in [1.29, 1.82) is 0 Å². The van der Waals surface area contributed by atoms with Crippen molar-refractivity contribution < 1.29 is 38.1 Å². The number of benzene rings is 2. The van der Waals surface area contributed by atoms with Gasteiger partial charge >= 0.3 is 24.4 Å². The molecule has 2 aromatic rings. The first-order valence-electron chi connectivity index (χ1n) is 15.8. The van der Waals surface area contributed by atoms with Crippen LogP contribution in [-0.2, 0) is 9.47 Å². The maximum atomic E-state index is 12.7. The van der Waals surface area contributed by atoms with Crippen LogP contribution in [0.1, 0.15) is 101 Å². The Morgan fingerprint density at radius 3 is 0.979 bits per heavy atom. The Bertz CT molecular complexity index is 1260. The standard InChI is InChI=1S/C34H50N4O8S2/c1-21(2)25-15-26(22(3)4)18-29(17-25)45-33(41)37(11)47-35(9)31(39)43-13-14-44-32(40)36(10)48-38(12)34(42)46-30-19-27(23(5)6)16-28(20-30)24(7)8/h15-24H,13-14H2,1-12H3. The van der Waals surface area contributed by atoms with Crippen molar-refractivity contribution in [2.75, 3.05) is 41.4 Å². The van der Waals surface area contributed by atoms with Gasteiger partial charge in [-0.25, -0.2) is 36.4 Å². The molecule has 0 bridgehead atoms. The smallest absolute Gasteiger partial charge is 0.426 e. The van der Waals surface area contributed by atoms with Crippen LogP contribution in [0.2, 0.25) is 0 Å².